The number of carbonyl (C=O) groups is 1. The molecule has 0 saturated carbocycles. The van der Waals surface area contributed by atoms with Crippen LogP contribution in [-0.4, -0.2) is 46.8 Å². The SMILES string of the molecule is C/C=C/CN(C)C(C(=O)O)C(O)CC. The zero-order valence-corrected chi connectivity index (χ0v) is 8.97. The third-order valence-electron chi connectivity index (χ3n) is 2.14. The summed E-state index contributed by atoms with van der Waals surface area (Å²) in [6.45, 7) is 4.18. The summed E-state index contributed by atoms with van der Waals surface area (Å²) in [6, 6.07) is -0.823. The molecule has 0 aliphatic rings. The van der Waals surface area contributed by atoms with Gasteiger partial charge < -0.3 is 10.2 Å². The van der Waals surface area contributed by atoms with Gasteiger partial charge in [0, 0.05) is 6.54 Å². The molecule has 2 unspecified atom stereocenters. The number of aliphatic hydroxyl groups excluding tert-OH is 1. The van der Waals surface area contributed by atoms with Gasteiger partial charge in [0.15, 0.2) is 0 Å². The second-order valence-corrected chi connectivity index (χ2v) is 3.27. The summed E-state index contributed by atoms with van der Waals surface area (Å²) < 4.78 is 0. The minimum atomic E-state index is -0.980. The topological polar surface area (TPSA) is 60.8 Å². The second-order valence-electron chi connectivity index (χ2n) is 3.27. The first kappa shape index (κ1) is 13.1. The maximum absolute atomic E-state index is 10.9. The number of hydrogen-bond acceptors (Lipinski definition) is 3. The molecule has 0 radical (unpaired) electrons. The van der Waals surface area contributed by atoms with E-state index in [1.54, 1.807) is 18.9 Å². The minimum Gasteiger partial charge on any atom is -0.480 e. The number of allylic oxidation sites excluding steroid dienone is 1. The molecule has 14 heavy (non-hydrogen) atoms. The lowest BCUT2D eigenvalue weighted by Crippen LogP contribution is -2.46. The van der Waals surface area contributed by atoms with E-state index in [9.17, 15) is 9.90 Å². The van der Waals surface area contributed by atoms with Gasteiger partial charge in [-0.15, -0.1) is 0 Å². The predicted octanol–water partition coefficient (Wildman–Crippen LogP) is 0.718. The molecular formula is C10H19NO3. The molecule has 4 heteroatoms. The summed E-state index contributed by atoms with van der Waals surface area (Å²) in [6.07, 6.45) is 3.34. The van der Waals surface area contributed by atoms with Crippen molar-refractivity contribution >= 4 is 5.97 Å². The van der Waals surface area contributed by atoms with E-state index in [2.05, 4.69) is 0 Å². The van der Waals surface area contributed by atoms with Gasteiger partial charge >= 0.3 is 5.97 Å². The van der Waals surface area contributed by atoms with Crippen LogP contribution in [0.1, 0.15) is 20.3 Å². The van der Waals surface area contributed by atoms with Gasteiger partial charge in [-0.3, -0.25) is 9.69 Å². The number of rotatable bonds is 6. The van der Waals surface area contributed by atoms with Crippen LogP contribution in [0, 0.1) is 0 Å². The third-order valence-corrected chi connectivity index (χ3v) is 2.14. The van der Waals surface area contributed by atoms with Gasteiger partial charge in [-0.25, -0.2) is 0 Å². The molecule has 0 spiro atoms. The fraction of sp³-hybridized carbons (Fsp3) is 0.700. The minimum absolute atomic E-state index is 0.442. The molecule has 82 valence electrons. The van der Waals surface area contributed by atoms with Crippen molar-refractivity contribution in [1.29, 1.82) is 0 Å². The van der Waals surface area contributed by atoms with E-state index in [1.165, 1.54) is 0 Å². The van der Waals surface area contributed by atoms with Gasteiger partial charge in [0.1, 0.15) is 6.04 Å². The van der Waals surface area contributed by atoms with Crippen molar-refractivity contribution in [2.24, 2.45) is 0 Å². The van der Waals surface area contributed by atoms with Crippen molar-refractivity contribution < 1.29 is 15.0 Å². The number of likely N-dealkylation sites (N-methyl/N-ethyl adjacent to an activating group) is 1. The van der Waals surface area contributed by atoms with E-state index < -0.39 is 18.1 Å². The van der Waals surface area contributed by atoms with Gasteiger partial charge in [0.05, 0.1) is 6.10 Å². The normalized spacial score (nSPS) is 16.1. The standard InChI is InChI=1S/C10H19NO3/c1-4-6-7-11(3)9(10(13)14)8(12)5-2/h4,6,8-9,12H,5,7H2,1-3H3,(H,13,14)/b6-4+. The van der Waals surface area contributed by atoms with Crippen molar-refractivity contribution in [2.75, 3.05) is 13.6 Å². The average Bonchev–Trinajstić information content (AvgIpc) is 2.14. The van der Waals surface area contributed by atoms with Crippen molar-refractivity contribution in [3.05, 3.63) is 12.2 Å². The largest absolute Gasteiger partial charge is 0.480 e. The molecule has 0 rings (SSSR count). The molecule has 0 aliphatic carbocycles. The lowest BCUT2D eigenvalue weighted by atomic mass is 10.1. The van der Waals surface area contributed by atoms with Crippen LogP contribution >= 0.6 is 0 Å². The number of carboxylic acids is 1. The number of hydrogen-bond donors (Lipinski definition) is 2. The molecule has 2 atom stereocenters. The molecule has 0 fully saturated rings. The molecular weight excluding hydrogens is 182 g/mol. The molecule has 0 amide bonds. The predicted molar refractivity (Wildman–Crippen MR) is 55.2 cm³/mol. The number of carboxylic acid groups (broad SMARTS) is 1. The molecule has 0 bridgehead atoms. The molecule has 0 aromatic rings. The Morgan fingerprint density at radius 3 is 2.50 bits per heavy atom. The van der Waals surface area contributed by atoms with Crippen LogP contribution in [0.25, 0.3) is 0 Å². The van der Waals surface area contributed by atoms with E-state index >= 15 is 0 Å². The van der Waals surface area contributed by atoms with E-state index in [4.69, 9.17) is 5.11 Å². The Kier molecular flexibility index (Phi) is 6.16. The summed E-state index contributed by atoms with van der Waals surface area (Å²) in [4.78, 5) is 12.5. The van der Waals surface area contributed by atoms with E-state index in [0.29, 0.717) is 13.0 Å². The molecule has 4 nitrogen and oxygen atoms in total. The van der Waals surface area contributed by atoms with Crippen molar-refractivity contribution in [1.82, 2.24) is 4.90 Å². The number of aliphatic carboxylic acids is 1. The quantitative estimate of drug-likeness (QED) is 0.622. The van der Waals surface area contributed by atoms with Gasteiger partial charge in [-0.05, 0) is 20.4 Å². The summed E-state index contributed by atoms with van der Waals surface area (Å²) >= 11 is 0. The number of nitrogens with zero attached hydrogens (tertiary/aromatic N) is 1. The van der Waals surface area contributed by atoms with Gasteiger partial charge in [0.2, 0.25) is 0 Å². The Bertz CT molecular complexity index is 204. The highest BCUT2D eigenvalue weighted by atomic mass is 16.4. The smallest absolute Gasteiger partial charge is 0.323 e. The van der Waals surface area contributed by atoms with Crippen LogP contribution in [0.15, 0.2) is 12.2 Å². The van der Waals surface area contributed by atoms with Crippen LogP contribution in [0.3, 0.4) is 0 Å². The molecule has 0 heterocycles. The Balaban J connectivity index is 4.40. The van der Waals surface area contributed by atoms with Crippen LogP contribution in [0.4, 0.5) is 0 Å². The van der Waals surface area contributed by atoms with Gasteiger partial charge in [-0.2, -0.15) is 0 Å². The fourth-order valence-electron chi connectivity index (χ4n) is 1.26. The van der Waals surface area contributed by atoms with Crippen LogP contribution < -0.4 is 0 Å². The van der Waals surface area contributed by atoms with Crippen LogP contribution in [0.2, 0.25) is 0 Å². The van der Waals surface area contributed by atoms with E-state index in [0.717, 1.165) is 0 Å². The maximum Gasteiger partial charge on any atom is 0.323 e. The Morgan fingerprint density at radius 1 is 1.57 bits per heavy atom. The van der Waals surface area contributed by atoms with Crippen LogP contribution in [0.5, 0.6) is 0 Å². The Labute approximate surface area is 84.8 Å². The maximum atomic E-state index is 10.9. The zero-order chi connectivity index (χ0) is 11.1. The molecule has 0 aromatic carbocycles. The zero-order valence-electron chi connectivity index (χ0n) is 8.97. The Hall–Kier alpha value is -0.870. The monoisotopic (exact) mass is 201 g/mol. The molecule has 0 aromatic heterocycles. The van der Waals surface area contributed by atoms with Crippen LogP contribution in [-0.2, 0) is 4.79 Å². The first-order valence-electron chi connectivity index (χ1n) is 4.76. The average molecular weight is 201 g/mol. The fourth-order valence-corrected chi connectivity index (χ4v) is 1.26. The lowest BCUT2D eigenvalue weighted by molar-refractivity contribution is -0.146. The molecule has 2 N–H and O–H groups in total. The summed E-state index contributed by atoms with van der Waals surface area (Å²) in [5.74, 6) is -0.980. The van der Waals surface area contributed by atoms with Gasteiger partial charge in [0.25, 0.3) is 0 Å². The van der Waals surface area contributed by atoms with Gasteiger partial charge in [-0.1, -0.05) is 19.1 Å². The van der Waals surface area contributed by atoms with Crippen molar-refractivity contribution in [3.63, 3.8) is 0 Å². The highest BCUT2D eigenvalue weighted by Gasteiger charge is 2.28. The summed E-state index contributed by atoms with van der Waals surface area (Å²) in [5, 5.41) is 18.4. The lowest BCUT2D eigenvalue weighted by Gasteiger charge is -2.26. The van der Waals surface area contributed by atoms with E-state index in [-0.39, 0.29) is 0 Å². The highest BCUT2D eigenvalue weighted by Crippen LogP contribution is 2.06. The molecule has 0 saturated heterocycles. The first-order chi connectivity index (χ1) is 6.54. The van der Waals surface area contributed by atoms with Crippen molar-refractivity contribution in [2.45, 2.75) is 32.4 Å². The Morgan fingerprint density at radius 2 is 2.14 bits per heavy atom. The van der Waals surface area contributed by atoms with Crippen molar-refractivity contribution in [3.8, 4) is 0 Å². The first-order valence-corrected chi connectivity index (χ1v) is 4.76. The summed E-state index contributed by atoms with van der Waals surface area (Å²) in [5.41, 5.74) is 0. The van der Waals surface area contributed by atoms with E-state index in [1.807, 2.05) is 19.1 Å². The third kappa shape index (κ3) is 3.89. The summed E-state index contributed by atoms with van der Waals surface area (Å²) in [7, 11) is 1.69. The highest BCUT2D eigenvalue weighted by molar-refractivity contribution is 5.74. The number of aliphatic hydroxyl groups is 1. The molecule has 0 aliphatic heterocycles. The second kappa shape index (κ2) is 6.56.